The maximum absolute atomic E-state index is 13.1. The van der Waals surface area contributed by atoms with Gasteiger partial charge in [-0.05, 0) is 49.8 Å². The van der Waals surface area contributed by atoms with Crippen molar-refractivity contribution in [1.82, 2.24) is 19.8 Å². The third-order valence-corrected chi connectivity index (χ3v) is 6.46. The topological polar surface area (TPSA) is 95.6 Å². The highest BCUT2D eigenvalue weighted by Crippen LogP contribution is 2.30. The quantitative estimate of drug-likeness (QED) is 0.773. The Hall–Kier alpha value is -3.16. The molecule has 0 saturated carbocycles. The van der Waals surface area contributed by atoms with Gasteiger partial charge in [0.05, 0.1) is 25.4 Å². The van der Waals surface area contributed by atoms with Gasteiger partial charge in [0.15, 0.2) is 0 Å². The van der Waals surface area contributed by atoms with E-state index in [1.54, 1.807) is 12.0 Å². The van der Waals surface area contributed by atoms with Crippen LogP contribution in [-0.4, -0.2) is 51.8 Å². The number of aromatic nitrogens is 2. The van der Waals surface area contributed by atoms with E-state index < -0.39 is 0 Å². The van der Waals surface area contributed by atoms with Crippen LogP contribution in [0.2, 0.25) is 0 Å². The Kier molecular flexibility index (Phi) is 6.58. The summed E-state index contributed by atoms with van der Waals surface area (Å²) in [5.74, 6) is 1.38. The van der Waals surface area contributed by atoms with Crippen molar-refractivity contribution >= 4 is 11.8 Å². The maximum atomic E-state index is 13.1. The van der Waals surface area contributed by atoms with Gasteiger partial charge in [0.25, 0.3) is 5.56 Å². The monoisotopic (exact) mass is 438 g/mol. The lowest BCUT2D eigenvalue weighted by Crippen LogP contribution is -2.42. The van der Waals surface area contributed by atoms with Gasteiger partial charge < -0.3 is 19.5 Å². The van der Waals surface area contributed by atoms with Crippen LogP contribution in [0, 0.1) is 0 Å². The highest BCUT2D eigenvalue weighted by Gasteiger charge is 2.31. The molecule has 2 aliphatic heterocycles. The van der Waals surface area contributed by atoms with Crippen LogP contribution in [-0.2, 0) is 29.0 Å². The number of aromatic amines is 1. The van der Waals surface area contributed by atoms with Crippen LogP contribution in [0.25, 0.3) is 0 Å². The normalized spacial score (nSPS) is 18.2. The lowest BCUT2D eigenvalue weighted by atomic mass is 9.99. The molecule has 3 heterocycles. The van der Waals surface area contributed by atoms with Crippen LogP contribution in [0.3, 0.4) is 0 Å². The van der Waals surface area contributed by atoms with Crippen molar-refractivity contribution in [3.8, 4) is 5.75 Å². The smallest absolute Gasteiger partial charge is 0.254 e. The van der Waals surface area contributed by atoms with Crippen LogP contribution >= 0.6 is 0 Å². The SMILES string of the molecule is COc1ccc(CCC(=O)N2CCCC[C@H]2c2nc3c(c(=O)[nH]2)CCN(C(C)=O)C3)cc1. The fraction of sp³-hybridized carbons (Fsp3) is 0.500. The molecular weight excluding hydrogens is 408 g/mol. The van der Waals surface area contributed by atoms with Crippen molar-refractivity contribution in [1.29, 1.82) is 0 Å². The highest BCUT2D eigenvalue weighted by molar-refractivity contribution is 5.77. The van der Waals surface area contributed by atoms with Gasteiger partial charge in [-0.1, -0.05) is 12.1 Å². The summed E-state index contributed by atoms with van der Waals surface area (Å²) in [6.07, 6.45) is 4.24. The molecule has 8 nitrogen and oxygen atoms in total. The van der Waals surface area contributed by atoms with Crippen molar-refractivity contribution in [3.63, 3.8) is 0 Å². The number of benzene rings is 1. The van der Waals surface area contributed by atoms with E-state index in [0.29, 0.717) is 56.0 Å². The molecule has 2 aliphatic rings. The summed E-state index contributed by atoms with van der Waals surface area (Å²) in [7, 11) is 1.63. The zero-order valence-electron chi connectivity index (χ0n) is 18.7. The zero-order valence-corrected chi connectivity index (χ0v) is 18.7. The minimum Gasteiger partial charge on any atom is -0.497 e. The molecule has 8 heteroatoms. The molecule has 2 amide bonds. The minimum absolute atomic E-state index is 0.0210. The summed E-state index contributed by atoms with van der Waals surface area (Å²) in [6, 6.07) is 7.51. The number of fused-ring (bicyclic) bond motifs is 1. The largest absolute Gasteiger partial charge is 0.497 e. The Morgan fingerprint density at radius 3 is 2.69 bits per heavy atom. The average Bonchev–Trinajstić information content (AvgIpc) is 2.82. The fourth-order valence-electron chi connectivity index (χ4n) is 4.59. The molecule has 0 spiro atoms. The molecule has 1 aromatic heterocycles. The van der Waals surface area contributed by atoms with Crippen LogP contribution in [0.4, 0.5) is 0 Å². The van der Waals surface area contributed by atoms with Gasteiger partial charge in [0.1, 0.15) is 11.6 Å². The number of carbonyl (C=O) groups is 2. The number of ether oxygens (including phenoxy) is 1. The lowest BCUT2D eigenvalue weighted by Gasteiger charge is -2.36. The van der Waals surface area contributed by atoms with Gasteiger partial charge in [-0.2, -0.15) is 0 Å². The Balaban J connectivity index is 1.51. The summed E-state index contributed by atoms with van der Waals surface area (Å²) >= 11 is 0. The van der Waals surface area contributed by atoms with E-state index in [9.17, 15) is 14.4 Å². The first-order valence-electron chi connectivity index (χ1n) is 11.3. The van der Waals surface area contributed by atoms with E-state index in [1.165, 1.54) is 6.92 Å². The number of amides is 2. The summed E-state index contributed by atoms with van der Waals surface area (Å²) in [5, 5.41) is 0. The Morgan fingerprint density at radius 1 is 1.19 bits per heavy atom. The first kappa shape index (κ1) is 22.0. The predicted octanol–water partition coefficient (Wildman–Crippen LogP) is 2.37. The molecule has 4 rings (SSSR count). The Labute approximate surface area is 187 Å². The van der Waals surface area contributed by atoms with Crippen LogP contribution in [0.5, 0.6) is 5.75 Å². The van der Waals surface area contributed by atoms with Crippen molar-refractivity contribution in [2.75, 3.05) is 20.2 Å². The van der Waals surface area contributed by atoms with E-state index >= 15 is 0 Å². The van der Waals surface area contributed by atoms with Gasteiger partial charge in [-0.3, -0.25) is 14.4 Å². The lowest BCUT2D eigenvalue weighted by molar-refractivity contribution is -0.135. The van der Waals surface area contributed by atoms with E-state index in [0.717, 1.165) is 30.6 Å². The third-order valence-electron chi connectivity index (χ3n) is 6.46. The number of nitrogens with zero attached hydrogens (tertiary/aromatic N) is 3. The molecule has 0 unspecified atom stereocenters. The highest BCUT2D eigenvalue weighted by atomic mass is 16.5. The predicted molar refractivity (Wildman–Crippen MR) is 119 cm³/mol. The van der Waals surface area contributed by atoms with Crippen molar-refractivity contribution in [2.24, 2.45) is 0 Å². The van der Waals surface area contributed by atoms with Crippen LogP contribution < -0.4 is 10.3 Å². The number of likely N-dealkylation sites (tertiary alicyclic amines) is 1. The first-order chi connectivity index (χ1) is 15.5. The second-order valence-electron chi connectivity index (χ2n) is 8.51. The number of rotatable bonds is 5. The van der Waals surface area contributed by atoms with Gasteiger partial charge in [-0.15, -0.1) is 0 Å². The average molecular weight is 439 g/mol. The van der Waals surface area contributed by atoms with Gasteiger partial charge in [0, 0.05) is 32.0 Å². The molecule has 1 N–H and O–H groups in total. The Bertz CT molecular complexity index is 1050. The van der Waals surface area contributed by atoms with E-state index in [-0.39, 0.29) is 23.4 Å². The molecule has 1 aromatic carbocycles. The number of aryl methyl sites for hydroxylation is 1. The molecule has 170 valence electrons. The van der Waals surface area contributed by atoms with Crippen LogP contribution in [0.15, 0.2) is 29.1 Å². The summed E-state index contributed by atoms with van der Waals surface area (Å²) in [5.41, 5.74) is 2.24. The maximum Gasteiger partial charge on any atom is 0.254 e. The second kappa shape index (κ2) is 9.54. The number of piperidine rings is 1. The number of hydrogen-bond acceptors (Lipinski definition) is 5. The minimum atomic E-state index is -0.238. The summed E-state index contributed by atoms with van der Waals surface area (Å²) in [4.78, 5) is 48.9. The Morgan fingerprint density at radius 2 is 1.97 bits per heavy atom. The number of nitrogens with one attached hydrogen (secondary N) is 1. The van der Waals surface area contributed by atoms with Crippen molar-refractivity contribution in [2.45, 2.75) is 58.0 Å². The van der Waals surface area contributed by atoms with Crippen molar-refractivity contribution in [3.05, 3.63) is 57.3 Å². The molecule has 1 fully saturated rings. The van der Waals surface area contributed by atoms with Crippen LogP contribution in [0.1, 0.15) is 61.3 Å². The third kappa shape index (κ3) is 4.69. The van der Waals surface area contributed by atoms with E-state index in [4.69, 9.17) is 9.72 Å². The molecule has 32 heavy (non-hydrogen) atoms. The molecule has 0 bridgehead atoms. The van der Waals surface area contributed by atoms with Gasteiger partial charge >= 0.3 is 0 Å². The van der Waals surface area contributed by atoms with E-state index in [2.05, 4.69) is 4.98 Å². The molecule has 1 atom stereocenters. The fourth-order valence-corrected chi connectivity index (χ4v) is 4.59. The van der Waals surface area contributed by atoms with Gasteiger partial charge in [0.2, 0.25) is 11.8 Å². The number of H-pyrrole nitrogens is 1. The first-order valence-corrected chi connectivity index (χ1v) is 11.3. The zero-order chi connectivity index (χ0) is 22.7. The standard InChI is InChI=1S/C24H30N4O4/c1-16(29)27-14-12-19-20(15-27)25-23(26-24(19)31)21-5-3-4-13-28(21)22(30)11-8-17-6-9-18(32-2)10-7-17/h6-7,9-10,21H,3-5,8,11-15H2,1-2H3,(H,25,26,31)/t21-/m0/s1. The van der Waals surface area contributed by atoms with Gasteiger partial charge in [-0.25, -0.2) is 4.98 Å². The molecule has 0 aliphatic carbocycles. The molecule has 1 saturated heterocycles. The molecule has 2 aromatic rings. The molecular formula is C24H30N4O4. The summed E-state index contributed by atoms with van der Waals surface area (Å²) in [6.45, 7) is 3.07. The molecule has 0 radical (unpaired) electrons. The summed E-state index contributed by atoms with van der Waals surface area (Å²) < 4.78 is 5.19. The number of carbonyl (C=O) groups excluding carboxylic acids is 2. The van der Waals surface area contributed by atoms with Crippen molar-refractivity contribution < 1.29 is 14.3 Å². The van der Waals surface area contributed by atoms with E-state index in [1.807, 2.05) is 29.2 Å². The number of hydrogen-bond donors (Lipinski definition) is 1. The second-order valence-corrected chi connectivity index (χ2v) is 8.51. The number of methoxy groups -OCH3 is 1.